The third-order valence-corrected chi connectivity index (χ3v) is 2.69. The Morgan fingerprint density at radius 1 is 1.29 bits per heavy atom. The molecular weight excluding hydrogens is 218 g/mol. The van der Waals surface area contributed by atoms with Gasteiger partial charge in [0.05, 0.1) is 14.2 Å². The molecule has 1 atom stereocenters. The van der Waals surface area contributed by atoms with Crippen molar-refractivity contribution < 1.29 is 14.6 Å². The maximum Gasteiger partial charge on any atom is 0.123 e. The maximum atomic E-state index is 8.83. The van der Waals surface area contributed by atoms with Crippen LogP contribution >= 0.6 is 0 Å². The monoisotopic (exact) mass is 239 g/mol. The molecule has 4 nitrogen and oxygen atoms in total. The second-order valence-electron chi connectivity index (χ2n) is 3.97. The van der Waals surface area contributed by atoms with E-state index >= 15 is 0 Å². The summed E-state index contributed by atoms with van der Waals surface area (Å²) < 4.78 is 10.5. The molecule has 0 spiro atoms. The van der Waals surface area contributed by atoms with Crippen molar-refractivity contribution in [1.82, 2.24) is 5.32 Å². The lowest BCUT2D eigenvalue weighted by Crippen LogP contribution is -2.26. The Labute approximate surface area is 103 Å². The largest absolute Gasteiger partial charge is 0.497 e. The molecule has 1 rings (SSSR count). The Bertz CT molecular complexity index is 341. The van der Waals surface area contributed by atoms with Gasteiger partial charge in [-0.25, -0.2) is 0 Å². The van der Waals surface area contributed by atoms with Crippen molar-refractivity contribution in [1.29, 1.82) is 0 Å². The van der Waals surface area contributed by atoms with Crippen molar-refractivity contribution in [2.24, 2.45) is 0 Å². The molecule has 0 aliphatic heterocycles. The lowest BCUT2D eigenvalue weighted by molar-refractivity contribution is 0.268. The van der Waals surface area contributed by atoms with Crippen LogP contribution in [-0.2, 0) is 6.54 Å². The van der Waals surface area contributed by atoms with Crippen LogP contribution in [0.4, 0.5) is 0 Å². The van der Waals surface area contributed by atoms with Crippen LogP contribution in [0.25, 0.3) is 0 Å². The van der Waals surface area contributed by atoms with Gasteiger partial charge in [-0.05, 0) is 31.5 Å². The van der Waals surface area contributed by atoms with Gasteiger partial charge in [-0.2, -0.15) is 0 Å². The quantitative estimate of drug-likeness (QED) is 0.758. The first-order valence-corrected chi connectivity index (χ1v) is 5.76. The van der Waals surface area contributed by atoms with Crippen molar-refractivity contribution in [2.75, 3.05) is 20.8 Å². The summed E-state index contributed by atoms with van der Waals surface area (Å²) in [7, 11) is 3.30. The fourth-order valence-electron chi connectivity index (χ4n) is 1.60. The minimum Gasteiger partial charge on any atom is -0.497 e. The number of nitrogens with one attached hydrogen (secondary N) is 1. The molecule has 1 unspecified atom stereocenters. The molecule has 0 radical (unpaired) electrons. The third-order valence-electron chi connectivity index (χ3n) is 2.69. The summed E-state index contributed by atoms with van der Waals surface area (Å²) in [5, 5.41) is 12.2. The molecule has 0 aliphatic rings. The summed E-state index contributed by atoms with van der Waals surface area (Å²) in [6.07, 6.45) is 0.742. The highest BCUT2D eigenvalue weighted by Gasteiger charge is 2.06. The fourth-order valence-corrected chi connectivity index (χ4v) is 1.60. The number of rotatable bonds is 7. The highest BCUT2D eigenvalue weighted by atomic mass is 16.5. The van der Waals surface area contributed by atoms with E-state index in [1.807, 2.05) is 25.1 Å². The average Bonchev–Trinajstić information content (AvgIpc) is 2.36. The predicted molar refractivity (Wildman–Crippen MR) is 67.6 cm³/mol. The van der Waals surface area contributed by atoms with E-state index < -0.39 is 0 Å². The second kappa shape index (κ2) is 7.14. The second-order valence-corrected chi connectivity index (χ2v) is 3.97. The van der Waals surface area contributed by atoms with Crippen molar-refractivity contribution >= 4 is 0 Å². The molecule has 0 heterocycles. The molecule has 1 aromatic rings. The van der Waals surface area contributed by atoms with Gasteiger partial charge in [0.25, 0.3) is 0 Å². The average molecular weight is 239 g/mol. The van der Waals surface area contributed by atoms with Crippen LogP contribution in [0.3, 0.4) is 0 Å². The van der Waals surface area contributed by atoms with Gasteiger partial charge in [0.1, 0.15) is 11.5 Å². The zero-order chi connectivity index (χ0) is 12.7. The van der Waals surface area contributed by atoms with E-state index in [2.05, 4.69) is 5.32 Å². The summed E-state index contributed by atoms with van der Waals surface area (Å²) in [5.41, 5.74) is 1.05. The first-order valence-electron chi connectivity index (χ1n) is 5.76. The van der Waals surface area contributed by atoms with Crippen LogP contribution in [0, 0.1) is 0 Å². The summed E-state index contributed by atoms with van der Waals surface area (Å²) in [4.78, 5) is 0. The van der Waals surface area contributed by atoms with E-state index in [0.717, 1.165) is 23.5 Å². The Morgan fingerprint density at radius 2 is 2.06 bits per heavy atom. The number of aliphatic hydroxyl groups excluding tert-OH is 1. The van der Waals surface area contributed by atoms with Crippen LogP contribution in [-0.4, -0.2) is 32.0 Å². The zero-order valence-corrected chi connectivity index (χ0v) is 10.7. The van der Waals surface area contributed by atoms with E-state index in [9.17, 15) is 0 Å². The molecule has 0 saturated carbocycles. The lowest BCUT2D eigenvalue weighted by atomic mass is 10.1. The number of aliphatic hydroxyl groups is 1. The number of methoxy groups -OCH3 is 2. The van der Waals surface area contributed by atoms with Crippen molar-refractivity contribution in [3.05, 3.63) is 23.8 Å². The predicted octanol–water partition coefficient (Wildman–Crippen LogP) is 1.56. The molecule has 0 aliphatic carbocycles. The van der Waals surface area contributed by atoms with Gasteiger partial charge in [0.15, 0.2) is 0 Å². The SMILES string of the molecule is COc1ccc(OC)c(CNC(C)CCO)c1. The highest BCUT2D eigenvalue weighted by molar-refractivity contribution is 5.40. The molecule has 0 fully saturated rings. The maximum absolute atomic E-state index is 8.83. The molecular formula is C13H21NO3. The topological polar surface area (TPSA) is 50.7 Å². The van der Waals surface area contributed by atoms with Gasteiger partial charge in [0, 0.05) is 24.8 Å². The molecule has 96 valence electrons. The van der Waals surface area contributed by atoms with Crippen LogP contribution in [0.1, 0.15) is 18.9 Å². The summed E-state index contributed by atoms with van der Waals surface area (Å²) >= 11 is 0. The first kappa shape index (κ1) is 13.8. The standard InChI is InChI=1S/C13H21NO3/c1-10(6-7-15)14-9-11-8-12(16-2)4-5-13(11)17-3/h4-5,8,10,14-15H,6-7,9H2,1-3H3. The number of hydrogen-bond acceptors (Lipinski definition) is 4. The summed E-state index contributed by atoms with van der Waals surface area (Å²) in [6, 6.07) is 6.00. The van der Waals surface area contributed by atoms with Gasteiger partial charge < -0.3 is 19.9 Å². The van der Waals surface area contributed by atoms with Gasteiger partial charge in [-0.15, -0.1) is 0 Å². The zero-order valence-electron chi connectivity index (χ0n) is 10.7. The highest BCUT2D eigenvalue weighted by Crippen LogP contribution is 2.23. The smallest absolute Gasteiger partial charge is 0.123 e. The van der Waals surface area contributed by atoms with E-state index in [4.69, 9.17) is 14.6 Å². The molecule has 0 aromatic heterocycles. The van der Waals surface area contributed by atoms with Gasteiger partial charge in [-0.3, -0.25) is 0 Å². The van der Waals surface area contributed by atoms with Gasteiger partial charge in [0.2, 0.25) is 0 Å². The van der Waals surface area contributed by atoms with Crippen LogP contribution in [0.5, 0.6) is 11.5 Å². The summed E-state index contributed by atoms with van der Waals surface area (Å²) in [5.74, 6) is 1.66. The van der Waals surface area contributed by atoms with Crippen molar-refractivity contribution in [3.63, 3.8) is 0 Å². The minimum atomic E-state index is 0.198. The molecule has 17 heavy (non-hydrogen) atoms. The van der Waals surface area contributed by atoms with Crippen LogP contribution in [0.15, 0.2) is 18.2 Å². The van der Waals surface area contributed by atoms with Crippen LogP contribution < -0.4 is 14.8 Å². The Balaban J connectivity index is 2.67. The molecule has 2 N–H and O–H groups in total. The normalized spacial score (nSPS) is 12.2. The number of ether oxygens (including phenoxy) is 2. The Morgan fingerprint density at radius 3 is 2.65 bits per heavy atom. The molecule has 4 heteroatoms. The van der Waals surface area contributed by atoms with Crippen LogP contribution in [0.2, 0.25) is 0 Å². The first-order chi connectivity index (χ1) is 8.21. The van der Waals surface area contributed by atoms with E-state index in [1.165, 1.54) is 0 Å². The third kappa shape index (κ3) is 4.24. The van der Waals surface area contributed by atoms with Gasteiger partial charge in [-0.1, -0.05) is 0 Å². The Kier molecular flexibility index (Phi) is 5.80. The van der Waals surface area contributed by atoms with Gasteiger partial charge >= 0.3 is 0 Å². The Hall–Kier alpha value is -1.26. The summed E-state index contributed by atoms with van der Waals surface area (Å²) in [6.45, 7) is 2.94. The number of benzene rings is 1. The molecule has 0 amide bonds. The lowest BCUT2D eigenvalue weighted by Gasteiger charge is -2.15. The molecule has 0 bridgehead atoms. The van der Waals surface area contributed by atoms with E-state index in [1.54, 1.807) is 14.2 Å². The minimum absolute atomic E-state index is 0.198. The fraction of sp³-hybridized carbons (Fsp3) is 0.538. The van der Waals surface area contributed by atoms with E-state index in [0.29, 0.717) is 6.54 Å². The molecule has 0 saturated heterocycles. The molecule has 1 aromatic carbocycles. The number of hydrogen-bond donors (Lipinski definition) is 2. The van der Waals surface area contributed by atoms with Crippen molar-refractivity contribution in [2.45, 2.75) is 25.9 Å². The van der Waals surface area contributed by atoms with Crippen molar-refractivity contribution in [3.8, 4) is 11.5 Å². The van der Waals surface area contributed by atoms with E-state index in [-0.39, 0.29) is 12.6 Å².